The van der Waals surface area contributed by atoms with Gasteiger partial charge in [-0.25, -0.2) is 21.6 Å². The molecule has 0 saturated heterocycles. The van der Waals surface area contributed by atoms with E-state index in [1.807, 2.05) is 0 Å². The first kappa shape index (κ1) is 23.2. The lowest BCUT2D eigenvalue weighted by Crippen LogP contribution is -2.14. The number of rotatable bonds is 6. The second-order valence-electron chi connectivity index (χ2n) is 6.25. The number of hydrogen-bond donors (Lipinski definition) is 3. The van der Waals surface area contributed by atoms with E-state index in [0.717, 1.165) is 9.54 Å². The molecule has 0 saturated carbocycles. The molecular formula is C20H22FN3O5S. The molecule has 3 aromatic rings. The van der Waals surface area contributed by atoms with Crippen molar-refractivity contribution >= 4 is 16.0 Å². The molecule has 3 N–H and O–H groups in total. The summed E-state index contributed by atoms with van der Waals surface area (Å²) in [7, 11) is -2.11. The van der Waals surface area contributed by atoms with Crippen LogP contribution < -0.4 is 5.32 Å². The summed E-state index contributed by atoms with van der Waals surface area (Å²) in [4.78, 5) is 13.4. The number of hydrogen-bond acceptors (Lipinski definition) is 6. The first-order chi connectivity index (χ1) is 14.2. The minimum absolute atomic E-state index is 0.0502. The zero-order valence-electron chi connectivity index (χ0n) is 16.4. The molecule has 0 bridgehead atoms. The molecule has 1 unspecified atom stereocenters. The van der Waals surface area contributed by atoms with E-state index >= 15 is 0 Å². The lowest BCUT2D eigenvalue weighted by molar-refractivity contribution is -0.145. The minimum Gasteiger partial charge on any atom is -0.479 e. The first-order valence-corrected chi connectivity index (χ1v) is 10.3. The minimum atomic E-state index is -3.87. The van der Waals surface area contributed by atoms with Gasteiger partial charge < -0.3 is 15.5 Å². The summed E-state index contributed by atoms with van der Waals surface area (Å²) < 4.78 is 41.2. The Morgan fingerprint density at radius 2 is 1.93 bits per heavy atom. The van der Waals surface area contributed by atoms with Crippen molar-refractivity contribution in [3.63, 3.8) is 0 Å². The van der Waals surface area contributed by atoms with E-state index < -0.39 is 27.9 Å². The van der Waals surface area contributed by atoms with Crippen LogP contribution in [0.2, 0.25) is 0 Å². The van der Waals surface area contributed by atoms with Crippen molar-refractivity contribution in [1.82, 2.24) is 14.3 Å². The van der Waals surface area contributed by atoms with Crippen LogP contribution in [0.3, 0.4) is 0 Å². The highest BCUT2D eigenvalue weighted by molar-refractivity contribution is 7.90. The SMILES string of the molecule is CC(O)C(=O)O.CNCc1cc(-c2ccccc2F)n(S(=O)(=O)c2cccnc2)c1. The summed E-state index contributed by atoms with van der Waals surface area (Å²) in [6, 6.07) is 10.8. The number of nitrogens with one attached hydrogen (secondary N) is 1. The van der Waals surface area contributed by atoms with E-state index in [1.54, 1.807) is 37.4 Å². The predicted molar refractivity (Wildman–Crippen MR) is 109 cm³/mol. The van der Waals surface area contributed by atoms with Gasteiger partial charge in [-0.3, -0.25) is 4.98 Å². The monoisotopic (exact) mass is 435 g/mol. The van der Waals surface area contributed by atoms with Crippen molar-refractivity contribution in [2.24, 2.45) is 0 Å². The number of carbonyl (C=O) groups is 1. The molecule has 2 aromatic heterocycles. The van der Waals surface area contributed by atoms with Crippen molar-refractivity contribution in [3.8, 4) is 11.3 Å². The maximum Gasteiger partial charge on any atom is 0.332 e. The molecule has 10 heteroatoms. The highest BCUT2D eigenvalue weighted by Gasteiger charge is 2.23. The van der Waals surface area contributed by atoms with Crippen LogP contribution in [0.5, 0.6) is 0 Å². The molecule has 3 rings (SSSR count). The van der Waals surface area contributed by atoms with Crippen LogP contribution >= 0.6 is 0 Å². The van der Waals surface area contributed by atoms with Crippen molar-refractivity contribution in [1.29, 1.82) is 0 Å². The molecule has 0 fully saturated rings. The van der Waals surface area contributed by atoms with Gasteiger partial charge in [0.15, 0.2) is 0 Å². The van der Waals surface area contributed by atoms with E-state index in [-0.39, 0.29) is 16.2 Å². The summed E-state index contributed by atoms with van der Waals surface area (Å²) in [5.74, 6) is -1.66. The van der Waals surface area contributed by atoms with Gasteiger partial charge in [0.05, 0.1) is 5.69 Å². The average Bonchev–Trinajstić information content (AvgIpc) is 3.14. The molecule has 8 nitrogen and oxygen atoms in total. The van der Waals surface area contributed by atoms with Gasteiger partial charge >= 0.3 is 5.97 Å². The quantitative estimate of drug-likeness (QED) is 0.542. The topological polar surface area (TPSA) is 122 Å². The van der Waals surface area contributed by atoms with Crippen LogP contribution in [0.1, 0.15) is 12.5 Å². The summed E-state index contributed by atoms with van der Waals surface area (Å²) in [6.07, 6.45) is 3.04. The highest BCUT2D eigenvalue weighted by atomic mass is 32.2. The van der Waals surface area contributed by atoms with E-state index in [2.05, 4.69) is 10.3 Å². The number of aliphatic hydroxyl groups is 1. The second kappa shape index (κ2) is 10.1. The van der Waals surface area contributed by atoms with Gasteiger partial charge in [-0.05, 0) is 49.9 Å². The molecule has 0 aliphatic heterocycles. The van der Waals surface area contributed by atoms with Gasteiger partial charge in [-0.15, -0.1) is 0 Å². The van der Waals surface area contributed by atoms with Crippen molar-refractivity contribution < 1.29 is 27.8 Å². The van der Waals surface area contributed by atoms with Crippen molar-refractivity contribution in [2.45, 2.75) is 24.5 Å². The molecule has 0 amide bonds. The highest BCUT2D eigenvalue weighted by Crippen LogP contribution is 2.28. The third kappa shape index (κ3) is 5.50. The lowest BCUT2D eigenvalue weighted by Gasteiger charge is -2.10. The Kier molecular flexibility index (Phi) is 7.81. The van der Waals surface area contributed by atoms with E-state index in [1.165, 1.54) is 37.6 Å². The number of carboxylic acid groups (broad SMARTS) is 1. The molecule has 160 valence electrons. The Morgan fingerprint density at radius 3 is 2.47 bits per heavy atom. The Hall–Kier alpha value is -3.08. The fourth-order valence-corrected chi connectivity index (χ4v) is 3.83. The number of benzene rings is 1. The van der Waals surface area contributed by atoms with Crippen molar-refractivity contribution in [3.05, 3.63) is 72.4 Å². The van der Waals surface area contributed by atoms with Crippen LogP contribution in [-0.2, 0) is 21.4 Å². The van der Waals surface area contributed by atoms with Gasteiger partial charge in [0.25, 0.3) is 10.0 Å². The number of halogens is 1. The van der Waals surface area contributed by atoms with Crippen molar-refractivity contribution in [2.75, 3.05) is 7.05 Å². The zero-order chi connectivity index (χ0) is 22.3. The molecular weight excluding hydrogens is 413 g/mol. The van der Waals surface area contributed by atoms with Gasteiger partial charge in [0.2, 0.25) is 0 Å². The molecule has 2 heterocycles. The maximum atomic E-state index is 14.2. The fraction of sp³-hybridized carbons (Fsp3) is 0.200. The standard InChI is InChI=1S/C17H16FN3O2S.C3H6O3/c1-19-10-13-9-17(15-6-2-3-7-16(15)18)21(12-13)24(22,23)14-5-4-8-20-11-14;1-2(4)3(5)6/h2-9,11-12,19H,10H2,1H3;2,4H,1H3,(H,5,6). The lowest BCUT2D eigenvalue weighted by atomic mass is 10.1. The predicted octanol–water partition coefficient (Wildman–Crippen LogP) is 2.10. The summed E-state index contributed by atoms with van der Waals surface area (Å²) in [6.45, 7) is 1.67. The molecule has 0 aliphatic rings. The van der Waals surface area contributed by atoms with E-state index in [4.69, 9.17) is 10.2 Å². The van der Waals surface area contributed by atoms with Crippen LogP contribution in [0.4, 0.5) is 4.39 Å². The largest absolute Gasteiger partial charge is 0.479 e. The van der Waals surface area contributed by atoms with Crippen LogP contribution in [0.25, 0.3) is 11.3 Å². The third-order valence-electron chi connectivity index (χ3n) is 3.92. The third-order valence-corrected chi connectivity index (χ3v) is 5.58. The number of nitrogens with zero attached hydrogens (tertiary/aromatic N) is 2. The van der Waals surface area contributed by atoms with Gasteiger partial charge in [-0.2, -0.15) is 0 Å². The fourth-order valence-electron chi connectivity index (χ4n) is 2.47. The summed E-state index contributed by atoms with van der Waals surface area (Å²) in [5, 5.41) is 18.7. The molecule has 0 aliphatic carbocycles. The molecule has 0 radical (unpaired) electrons. The molecule has 1 aromatic carbocycles. The van der Waals surface area contributed by atoms with Gasteiger partial charge in [-0.1, -0.05) is 12.1 Å². The van der Waals surface area contributed by atoms with Crippen LogP contribution in [0.15, 0.2) is 66.0 Å². The Balaban J connectivity index is 0.000000469. The molecule has 30 heavy (non-hydrogen) atoms. The van der Waals surface area contributed by atoms with Crippen LogP contribution in [0, 0.1) is 5.82 Å². The van der Waals surface area contributed by atoms with E-state index in [9.17, 15) is 17.6 Å². The first-order valence-electron chi connectivity index (χ1n) is 8.85. The summed E-state index contributed by atoms with van der Waals surface area (Å²) in [5.41, 5.74) is 1.25. The zero-order valence-corrected chi connectivity index (χ0v) is 17.2. The number of aromatic nitrogens is 2. The van der Waals surface area contributed by atoms with E-state index in [0.29, 0.717) is 6.54 Å². The second-order valence-corrected chi connectivity index (χ2v) is 8.06. The number of carboxylic acids is 1. The Morgan fingerprint density at radius 1 is 1.27 bits per heavy atom. The average molecular weight is 435 g/mol. The smallest absolute Gasteiger partial charge is 0.332 e. The summed E-state index contributed by atoms with van der Waals surface area (Å²) >= 11 is 0. The molecule has 0 spiro atoms. The number of pyridine rings is 1. The Labute approximate surface area is 173 Å². The number of aliphatic hydroxyl groups excluding tert-OH is 1. The van der Waals surface area contributed by atoms with Gasteiger partial charge in [0, 0.05) is 30.7 Å². The Bertz CT molecular complexity index is 1100. The van der Waals surface area contributed by atoms with Crippen LogP contribution in [-0.4, -0.2) is 46.7 Å². The normalized spacial score (nSPS) is 12.0. The molecule has 1 atom stereocenters. The maximum absolute atomic E-state index is 14.2. The van der Waals surface area contributed by atoms with Gasteiger partial charge in [0.1, 0.15) is 16.8 Å². The number of aliphatic carboxylic acids is 1.